The summed E-state index contributed by atoms with van der Waals surface area (Å²) in [6.07, 6.45) is 4.54. The molecule has 0 bridgehead atoms. The van der Waals surface area contributed by atoms with Crippen molar-refractivity contribution >= 4 is 90.2 Å². The molecule has 5 rings (SSSR count). The van der Waals surface area contributed by atoms with Crippen molar-refractivity contribution in [3.05, 3.63) is 114 Å². The number of phenols is 1. The third kappa shape index (κ3) is 8.00. The van der Waals surface area contributed by atoms with Gasteiger partial charge in [0.05, 0.1) is 28.4 Å². The molecule has 9 nitrogen and oxygen atoms in total. The average molecular weight is 759 g/mol. The van der Waals surface area contributed by atoms with Crippen molar-refractivity contribution in [2.45, 2.75) is 13.5 Å². The Balaban J connectivity index is 1.39. The Morgan fingerprint density at radius 1 is 1.14 bits per heavy atom. The first-order chi connectivity index (χ1) is 21.2. The maximum Gasteiger partial charge on any atom is 0.267 e. The molecule has 0 saturated carbocycles. The molecule has 1 fully saturated rings. The van der Waals surface area contributed by atoms with Crippen LogP contribution in [0.15, 0.2) is 101 Å². The number of amidine groups is 1. The second kappa shape index (κ2) is 14.3. The van der Waals surface area contributed by atoms with Crippen LogP contribution in [0.2, 0.25) is 5.02 Å². The minimum Gasteiger partial charge on any atom is -0.506 e. The van der Waals surface area contributed by atoms with Gasteiger partial charge in [-0.05, 0) is 95.3 Å². The minimum atomic E-state index is -0.339. The maximum atomic E-state index is 13.6. The van der Waals surface area contributed by atoms with Crippen molar-refractivity contribution in [1.29, 1.82) is 0 Å². The number of nitrogens with zero attached hydrogens (tertiary/aromatic N) is 3. The maximum absolute atomic E-state index is 13.6. The lowest BCUT2D eigenvalue weighted by atomic mass is 10.2. The van der Waals surface area contributed by atoms with Crippen LogP contribution >= 0.6 is 55.2 Å². The number of aromatic hydroxyl groups is 1. The SMILES string of the molecule is Cc1ccc(NC(=O)COc2ccc(Cl)cc2/C=C2\S/C(=N\N=C\c3cc(Br)cc(Br)c3O)N(Cc3ccco3)C2=O)cc1. The van der Waals surface area contributed by atoms with Gasteiger partial charge in [-0.1, -0.05) is 45.2 Å². The predicted molar refractivity (Wildman–Crippen MR) is 180 cm³/mol. The van der Waals surface area contributed by atoms with E-state index in [1.807, 2.05) is 31.2 Å². The van der Waals surface area contributed by atoms with E-state index in [1.54, 1.807) is 48.5 Å². The third-order valence-corrected chi connectivity index (χ3v) is 8.43. The molecular weight excluding hydrogens is 736 g/mol. The molecule has 1 aliphatic heterocycles. The number of thioether (sulfide) groups is 1. The van der Waals surface area contributed by atoms with Crippen molar-refractivity contribution in [3.63, 3.8) is 0 Å². The second-order valence-corrected chi connectivity index (χ2v) is 12.6. The van der Waals surface area contributed by atoms with E-state index < -0.39 is 0 Å². The standard InChI is InChI=1S/C31H23Br2ClN4O5S/c1-18-4-7-23(8-5-18)36-28(39)17-43-26-9-6-22(34)12-19(26)13-27-30(41)38(16-24-3-2-10-42-24)31(44-27)37-35-15-20-11-21(32)14-25(33)29(20)40/h2-15,40H,16-17H2,1H3,(H,36,39)/b27-13-,35-15+,37-31-. The fourth-order valence-corrected chi connectivity index (χ4v) is 6.35. The molecule has 2 amide bonds. The van der Waals surface area contributed by atoms with Gasteiger partial charge in [0.25, 0.3) is 11.8 Å². The first-order valence-corrected chi connectivity index (χ1v) is 15.8. The van der Waals surface area contributed by atoms with E-state index >= 15 is 0 Å². The average Bonchev–Trinajstić information content (AvgIpc) is 3.60. The van der Waals surface area contributed by atoms with E-state index in [0.717, 1.165) is 21.8 Å². The fourth-order valence-electron chi connectivity index (χ4n) is 3.99. The molecule has 0 radical (unpaired) electrons. The lowest BCUT2D eigenvalue weighted by Crippen LogP contribution is -2.28. The molecule has 3 aromatic carbocycles. The molecule has 0 aliphatic carbocycles. The van der Waals surface area contributed by atoms with Crippen LogP contribution in [0.25, 0.3) is 6.08 Å². The molecule has 13 heteroatoms. The number of phenolic OH excluding ortho intramolecular Hbond substituents is 1. The first kappa shape index (κ1) is 31.6. The number of hydrogen-bond donors (Lipinski definition) is 2. The van der Waals surface area contributed by atoms with Crippen LogP contribution in [0.1, 0.15) is 22.5 Å². The smallest absolute Gasteiger partial charge is 0.267 e. The summed E-state index contributed by atoms with van der Waals surface area (Å²) in [5.41, 5.74) is 2.66. The Labute approximate surface area is 278 Å². The van der Waals surface area contributed by atoms with Crippen LogP contribution in [0.4, 0.5) is 5.69 Å². The lowest BCUT2D eigenvalue weighted by molar-refractivity contribution is -0.122. The largest absolute Gasteiger partial charge is 0.506 e. The minimum absolute atomic E-state index is 0.00126. The highest BCUT2D eigenvalue weighted by Gasteiger charge is 2.34. The Bertz CT molecular complexity index is 1790. The molecule has 224 valence electrons. The number of anilines is 1. The number of benzene rings is 3. The van der Waals surface area contributed by atoms with Gasteiger partial charge in [-0.3, -0.25) is 14.5 Å². The van der Waals surface area contributed by atoms with Gasteiger partial charge in [0.1, 0.15) is 17.3 Å². The van der Waals surface area contributed by atoms with Crippen LogP contribution in [-0.2, 0) is 16.1 Å². The summed E-state index contributed by atoms with van der Waals surface area (Å²) in [6, 6.07) is 19.2. The van der Waals surface area contributed by atoms with E-state index in [4.69, 9.17) is 20.8 Å². The number of aryl methyl sites for hydroxylation is 1. The molecule has 0 atom stereocenters. The number of hydrogen-bond acceptors (Lipinski definition) is 8. The molecule has 1 aromatic heterocycles. The molecule has 4 aromatic rings. The zero-order chi connectivity index (χ0) is 31.2. The predicted octanol–water partition coefficient (Wildman–Crippen LogP) is 8.00. The highest BCUT2D eigenvalue weighted by Crippen LogP contribution is 2.36. The first-order valence-electron chi connectivity index (χ1n) is 13.0. The summed E-state index contributed by atoms with van der Waals surface area (Å²) >= 11 is 14.1. The number of halogens is 3. The molecule has 0 spiro atoms. The van der Waals surface area contributed by atoms with E-state index in [9.17, 15) is 14.7 Å². The fraction of sp³-hybridized carbons (Fsp3) is 0.0968. The number of carbonyl (C=O) groups excluding carboxylic acids is 2. The van der Waals surface area contributed by atoms with Crippen molar-refractivity contribution in [1.82, 2.24) is 4.90 Å². The lowest BCUT2D eigenvalue weighted by Gasteiger charge is -2.13. The monoisotopic (exact) mass is 756 g/mol. The van der Waals surface area contributed by atoms with Crippen molar-refractivity contribution in [2.24, 2.45) is 10.2 Å². The van der Waals surface area contributed by atoms with Crippen LogP contribution in [0, 0.1) is 6.92 Å². The third-order valence-electron chi connectivity index (χ3n) is 6.13. The number of rotatable bonds is 9. The molecule has 2 N–H and O–H groups in total. The van der Waals surface area contributed by atoms with Crippen LogP contribution in [0.5, 0.6) is 11.5 Å². The van der Waals surface area contributed by atoms with Crippen molar-refractivity contribution in [3.8, 4) is 11.5 Å². The van der Waals surface area contributed by atoms with E-state index in [0.29, 0.717) is 47.9 Å². The number of amides is 2. The summed E-state index contributed by atoms with van der Waals surface area (Å²) in [5, 5.41) is 22.3. The number of furan rings is 1. The Morgan fingerprint density at radius 2 is 1.93 bits per heavy atom. The van der Waals surface area contributed by atoms with Crippen molar-refractivity contribution < 1.29 is 23.8 Å². The van der Waals surface area contributed by atoms with Gasteiger partial charge < -0.3 is 19.6 Å². The van der Waals surface area contributed by atoms with Gasteiger partial charge in [0.15, 0.2) is 11.8 Å². The van der Waals surface area contributed by atoms with E-state index in [1.165, 1.54) is 17.4 Å². The van der Waals surface area contributed by atoms with Crippen LogP contribution < -0.4 is 10.1 Å². The quantitative estimate of drug-likeness (QED) is 0.102. The van der Waals surface area contributed by atoms with Gasteiger partial charge in [-0.15, -0.1) is 5.10 Å². The molecule has 1 saturated heterocycles. The molecule has 44 heavy (non-hydrogen) atoms. The van der Waals surface area contributed by atoms with Crippen LogP contribution in [0.3, 0.4) is 0 Å². The Morgan fingerprint density at radius 3 is 2.68 bits per heavy atom. The number of ether oxygens (including phenoxy) is 1. The second-order valence-electron chi connectivity index (χ2n) is 9.42. The van der Waals surface area contributed by atoms with Gasteiger partial charge >= 0.3 is 0 Å². The van der Waals surface area contributed by atoms with Crippen LogP contribution in [-0.4, -0.2) is 39.8 Å². The Hall–Kier alpha value is -3.84. The zero-order valence-electron chi connectivity index (χ0n) is 23.0. The van der Waals surface area contributed by atoms with Crippen molar-refractivity contribution in [2.75, 3.05) is 11.9 Å². The Kier molecular flexibility index (Phi) is 10.3. The summed E-state index contributed by atoms with van der Waals surface area (Å²) in [5.74, 6) is 0.245. The zero-order valence-corrected chi connectivity index (χ0v) is 27.7. The summed E-state index contributed by atoms with van der Waals surface area (Å²) in [7, 11) is 0. The van der Waals surface area contributed by atoms with E-state index in [2.05, 4.69) is 47.4 Å². The summed E-state index contributed by atoms with van der Waals surface area (Å²) < 4.78 is 12.5. The van der Waals surface area contributed by atoms with E-state index in [-0.39, 0.29) is 30.7 Å². The topological polar surface area (TPSA) is 117 Å². The van der Waals surface area contributed by atoms with Gasteiger partial charge in [0.2, 0.25) is 0 Å². The number of carbonyl (C=O) groups is 2. The molecule has 0 unspecified atom stereocenters. The van der Waals surface area contributed by atoms with Gasteiger partial charge in [0, 0.05) is 26.3 Å². The molecule has 2 heterocycles. The highest BCUT2D eigenvalue weighted by atomic mass is 79.9. The highest BCUT2D eigenvalue weighted by molar-refractivity contribution is 9.11. The number of nitrogens with one attached hydrogen (secondary N) is 1. The molecular formula is C31H23Br2ClN4O5S. The summed E-state index contributed by atoms with van der Waals surface area (Å²) in [6.45, 7) is 1.83. The van der Waals surface area contributed by atoms with Gasteiger partial charge in [-0.2, -0.15) is 5.10 Å². The summed E-state index contributed by atoms with van der Waals surface area (Å²) in [4.78, 5) is 27.9. The molecule has 1 aliphatic rings. The normalized spacial score (nSPS) is 15.1. The van der Waals surface area contributed by atoms with Gasteiger partial charge in [-0.25, -0.2) is 0 Å².